The molecule has 2 atom stereocenters. The number of aromatic nitrogens is 2. The van der Waals surface area contributed by atoms with Gasteiger partial charge in [0.15, 0.2) is 0 Å². The number of aryl methyl sites for hydroxylation is 2. The van der Waals surface area contributed by atoms with Crippen LogP contribution >= 0.6 is 0 Å². The van der Waals surface area contributed by atoms with Gasteiger partial charge < -0.3 is 24.8 Å². The minimum absolute atomic E-state index is 0.0646. The Kier molecular flexibility index (Phi) is 7.55. The molecular formula is C23H29N3O3. The Hall–Kier alpha value is -2.51. The molecule has 6 nitrogen and oxygen atoms in total. The van der Waals surface area contributed by atoms with Crippen molar-refractivity contribution >= 4 is 0 Å². The van der Waals surface area contributed by atoms with Crippen molar-refractivity contribution < 1.29 is 14.9 Å². The summed E-state index contributed by atoms with van der Waals surface area (Å²) >= 11 is 0. The number of ether oxygens (including phenoxy) is 1. The molecule has 0 amide bonds. The van der Waals surface area contributed by atoms with Crippen molar-refractivity contribution in [2.45, 2.75) is 32.6 Å². The molecular weight excluding hydrogens is 366 g/mol. The average molecular weight is 396 g/mol. The molecule has 6 heteroatoms. The summed E-state index contributed by atoms with van der Waals surface area (Å²) < 4.78 is 7.74. The quantitative estimate of drug-likeness (QED) is 0.492. The Bertz CT molecular complexity index is 859. The van der Waals surface area contributed by atoms with Crippen molar-refractivity contribution in [3.63, 3.8) is 0 Å². The van der Waals surface area contributed by atoms with Crippen molar-refractivity contribution in [3.05, 3.63) is 83.3 Å². The molecule has 3 N–H and O–H groups in total. The predicted octanol–water partition coefficient (Wildman–Crippen LogP) is 2.69. The first-order chi connectivity index (χ1) is 14.1. The van der Waals surface area contributed by atoms with Gasteiger partial charge in [-0.1, -0.05) is 36.4 Å². The summed E-state index contributed by atoms with van der Waals surface area (Å²) in [4.78, 5) is 4.50. The lowest BCUT2D eigenvalue weighted by Crippen LogP contribution is -2.39. The first-order valence-electron chi connectivity index (χ1n) is 9.83. The van der Waals surface area contributed by atoms with Crippen LogP contribution in [0.25, 0.3) is 5.82 Å². The van der Waals surface area contributed by atoms with Gasteiger partial charge in [-0.05, 0) is 37.6 Å². The second-order valence-corrected chi connectivity index (χ2v) is 7.21. The van der Waals surface area contributed by atoms with E-state index < -0.39 is 6.10 Å². The standard InChI is InChI=1S/C23H29N3O3/c1-17-8-9-18(2)26(17)23-11-10-20(12-25-23)22(28)13-24-21(14-27)16-29-15-19-6-4-3-5-7-19/h3-12,21-22,24,27-28H,13-16H2,1-2H3/t21-,22+/m1/s1. The van der Waals surface area contributed by atoms with Crippen LogP contribution in [0, 0.1) is 13.8 Å². The highest BCUT2D eigenvalue weighted by Gasteiger charge is 2.13. The van der Waals surface area contributed by atoms with E-state index in [0.717, 1.165) is 28.3 Å². The summed E-state index contributed by atoms with van der Waals surface area (Å²) in [6.07, 6.45) is 0.979. The van der Waals surface area contributed by atoms with Gasteiger partial charge in [-0.3, -0.25) is 0 Å². The van der Waals surface area contributed by atoms with Crippen LogP contribution in [0.4, 0.5) is 0 Å². The van der Waals surface area contributed by atoms with Gasteiger partial charge >= 0.3 is 0 Å². The fraction of sp³-hybridized carbons (Fsp3) is 0.348. The molecule has 1 aromatic carbocycles. The molecule has 0 saturated heterocycles. The number of aliphatic hydroxyl groups excluding tert-OH is 2. The summed E-state index contributed by atoms with van der Waals surface area (Å²) in [7, 11) is 0. The van der Waals surface area contributed by atoms with E-state index in [2.05, 4.69) is 27.0 Å². The summed E-state index contributed by atoms with van der Waals surface area (Å²) in [6.45, 7) is 5.17. The number of pyridine rings is 1. The number of rotatable bonds is 10. The van der Waals surface area contributed by atoms with Gasteiger partial charge in [0, 0.05) is 29.7 Å². The first kappa shape index (κ1) is 21.2. The van der Waals surface area contributed by atoms with Crippen LogP contribution in [0.5, 0.6) is 0 Å². The molecule has 0 aliphatic carbocycles. The zero-order chi connectivity index (χ0) is 20.6. The van der Waals surface area contributed by atoms with Gasteiger partial charge in [0.2, 0.25) is 0 Å². The second-order valence-electron chi connectivity index (χ2n) is 7.21. The minimum atomic E-state index is -0.716. The fourth-order valence-electron chi connectivity index (χ4n) is 3.22. The minimum Gasteiger partial charge on any atom is -0.395 e. The number of hydrogen-bond donors (Lipinski definition) is 3. The number of aliphatic hydroxyl groups is 2. The molecule has 0 radical (unpaired) electrons. The van der Waals surface area contributed by atoms with Crippen molar-refractivity contribution in [1.29, 1.82) is 0 Å². The number of benzene rings is 1. The van der Waals surface area contributed by atoms with Crippen LogP contribution in [0.15, 0.2) is 60.8 Å². The molecule has 29 heavy (non-hydrogen) atoms. The summed E-state index contributed by atoms with van der Waals surface area (Å²) in [5, 5.41) is 23.2. The number of nitrogens with one attached hydrogen (secondary N) is 1. The molecule has 0 saturated carbocycles. The molecule has 154 valence electrons. The van der Waals surface area contributed by atoms with E-state index in [4.69, 9.17) is 4.74 Å². The van der Waals surface area contributed by atoms with Crippen LogP contribution in [-0.4, -0.2) is 45.6 Å². The maximum absolute atomic E-state index is 10.5. The van der Waals surface area contributed by atoms with Crippen LogP contribution in [-0.2, 0) is 11.3 Å². The highest BCUT2D eigenvalue weighted by Crippen LogP contribution is 2.17. The Morgan fingerprint density at radius 3 is 2.38 bits per heavy atom. The van der Waals surface area contributed by atoms with E-state index in [1.807, 2.05) is 56.3 Å². The lowest BCUT2D eigenvalue weighted by atomic mass is 10.1. The Morgan fingerprint density at radius 1 is 1.03 bits per heavy atom. The van der Waals surface area contributed by atoms with Crippen LogP contribution in [0.3, 0.4) is 0 Å². The Balaban J connectivity index is 1.49. The van der Waals surface area contributed by atoms with E-state index in [0.29, 0.717) is 19.8 Å². The molecule has 0 bridgehead atoms. The van der Waals surface area contributed by atoms with Gasteiger partial charge in [0.25, 0.3) is 0 Å². The van der Waals surface area contributed by atoms with Crippen molar-refractivity contribution in [2.24, 2.45) is 0 Å². The second kappa shape index (κ2) is 10.3. The van der Waals surface area contributed by atoms with E-state index in [-0.39, 0.29) is 12.6 Å². The zero-order valence-corrected chi connectivity index (χ0v) is 17.0. The topological polar surface area (TPSA) is 79.5 Å². The van der Waals surface area contributed by atoms with Crippen molar-refractivity contribution in [3.8, 4) is 5.82 Å². The SMILES string of the molecule is Cc1ccc(C)n1-c1ccc([C@@H](O)CN[C@H](CO)COCc2ccccc2)cn1. The van der Waals surface area contributed by atoms with Crippen LogP contribution in [0.1, 0.15) is 28.6 Å². The van der Waals surface area contributed by atoms with E-state index >= 15 is 0 Å². The lowest BCUT2D eigenvalue weighted by Gasteiger charge is -2.19. The summed E-state index contributed by atoms with van der Waals surface area (Å²) in [5.74, 6) is 0.830. The first-order valence-corrected chi connectivity index (χ1v) is 9.83. The third kappa shape index (κ3) is 5.74. The monoisotopic (exact) mass is 395 g/mol. The third-order valence-corrected chi connectivity index (χ3v) is 4.91. The normalized spacial score (nSPS) is 13.4. The zero-order valence-electron chi connectivity index (χ0n) is 17.0. The Morgan fingerprint density at radius 2 is 1.76 bits per heavy atom. The third-order valence-electron chi connectivity index (χ3n) is 4.91. The van der Waals surface area contributed by atoms with Crippen molar-refractivity contribution in [1.82, 2.24) is 14.9 Å². The fourth-order valence-corrected chi connectivity index (χ4v) is 3.22. The molecule has 2 aromatic heterocycles. The van der Waals surface area contributed by atoms with Gasteiger partial charge in [-0.2, -0.15) is 0 Å². The lowest BCUT2D eigenvalue weighted by molar-refractivity contribution is 0.0711. The molecule has 0 spiro atoms. The smallest absolute Gasteiger partial charge is 0.136 e. The van der Waals surface area contributed by atoms with Crippen LogP contribution < -0.4 is 5.32 Å². The molecule has 3 rings (SSSR count). The molecule has 0 unspecified atom stereocenters. The predicted molar refractivity (Wildman–Crippen MR) is 113 cm³/mol. The van der Waals surface area contributed by atoms with E-state index in [1.165, 1.54) is 0 Å². The summed E-state index contributed by atoms with van der Waals surface area (Å²) in [6, 6.07) is 17.5. The maximum Gasteiger partial charge on any atom is 0.136 e. The van der Waals surface area contributed by atoms with E-state index in [1.54, 1.807) is 6.20 Å². The van der Waals surface area contributed by atoms with E-state index in [9.17, 15) is 10.2 Å². The molecule has 0 aliphatic rings. The molecule has 3 aromatic rings. The average Bonchev–Trinajstić information content (AvgIpc) is 3.09. The van der Waals surface area contributed by atoms with Gasteiger partial charge in [-0.15, -0.1) is 0 Å². The molecule has 0 aliphatic heterocycles. The number of hydrogen-bond acceptors (Lipinski definition) is 5. The Labute approximate surface area is 171 Å². The van der Waals surface area contributed by atoms with Crippen LogP contribution in [0.2, 0.25) is 0 Å². The van der Waals surface area contributed by atoms with Gasteiger partial charge in [0.1, 0.15) is 5.82 Å². The largest absolute Gasteiger partial charge is 0.395 e. The maximum atomic E-state index is 10.5. The van der Waals surface area contributed by atoms with Gasteiger partial charge in [0.05, 0.1) is 32.0 Å². The van der Waals surface area contributed by atoms with Crippen molar-refractivity contribution in [2.75, 3.05) is 19.8 Å². The highest BCUT2D eigenvalue weighted by atomic mass is 16.5. The molecule has 2 heterocycles. The van der Waals surface area contributed by atoms with Gasteiger partial charge in [-0.25, -0.2) is 4.98 Å². The highest BCUT2D eigenvalue weighted by molar-refractivity contribution is 5.33. The number of nitrogens with zero attached hydrogens (tertiary/aromatic N) is 2. The summed E-state index contributed by atoms with van der Waals surface area (Å²) in [5.41, 5.74) is 4.05. The molecule has 0 fully saturated rings.